The monoisotopic (exact) mass is 501 g/mol. The quantitative estimate of drug-likeness (QED) is 0.510. The van der Waals surface area contributed by atoms with Gasteiger partial charge in [0.2, 0.25) is 0 Å². The molecule has 2 aromatic carbocycles. The van der Waals surface area contributed by atoms with E-state index in [0.717, 1.165) is 12.0 Å². The minimum Gasteiger partial charge on any atom is -0.496 e. The number of urea groups is 1. The molecular formula is C26H35N3O5S. The van der Waals surface area contributed by atoms with Crippen LogP contribution in [0.4, 0.5) is 4.79 Å². The fourth-order valence-corrected chi connectivity index (χ4v) is 5.56. The lowest BCUT2D eigenvalue weighted by Crippen LogP contribution is -2.45. The van der Waals surface area contributed by atoms with E-state index in [4.69, 9.17) is 4.74 Å². The van der Waals surface area contributed by atoms with E-state index in [1.54, 1.807) is 36.4 Å². The van der Waals surface area contributed by atoms with Crippen LogP contribution in [-0.2, 0) is 16.4 Å². The van der Waals surface area contributed by atoms with Crippen LogP contribution in [0.3, 0.4) is 0 Å². The number of benzene rings is 2. The highest BCUT2D eigenvalue weighted by Gasteiger charge is 2.43. The first-order chi connectivity index (χ1) is 16.4. The maximum atomic E-state index is 12.7. The SMILES string of the molecule is COc1ccccc1C(=O)NCCc1ccc(S(=O)(=O)NC(=O)NC2CC(C)(C)C(C)C2C)cc1. The van der Waals surface area contributed by atoms with Crippen LogP contribution in [-0.4, -0.2) is 40.1 Å². The van der Waals surface area contributed by atoms with Crippen LogP contribution in [0.5, 0.6) is 5.75 Å². The number of rotatable bonds is 8. The third-order valence-electron chi connectivity index (χ3n) is 7.23. The Labute approximate surface area is 207 Å². The maximum Gasteiger partial charge on any atom is 0.328 e. The zero-order valence-corrected chi connectivity index (χ0v) is 21.7. The van der Waals surface area contributed by atoms with Crippen molar-refractivity contribution in [3.8, 4) is 5.75 Å². The minimum atomic E-state index is -4.00. The second kappa shape index (κ2) is 10.7. The predicted octanol–water partition coefficient (Wildman–Crippen LogP) is 3.73. The van der Waals surface area contributed by atoms with Crippen molar-refractivity contribution >= 4 is 22.0 Å². The van der Waals surface area contributed by atoms with Crippen molar-refractivity contribution in [3.63, 3.8) is 0 Å². The first-order valence-corrected chi connectivity index (χ1v) is 13.3. The van der Waals surface area contributed by atoms with Gasteiger partial charge in [0.25, 0.3) is 15.9 Å². The van der Waals surface area contributed by atoms with Crippen LogP contribution < -0.4 is 20.1 Å². The van der Waals surface area contributed by atoms with Crippen molar-refractivity contribution < 1.29 is 22.7 Å². The van der Waals surface area contributed by atoms with E-state index in [2.05, 4.69) is 43.1 Å². The Morgan fingerprint density at radius 2 is 1.71 bits per heavy atom. The number of carbonyl (C=O) groups excluding carboxylic acids is 2. The summed E-state index contributed by atoms with van der Waals surface area (Å²) in [5.74, 6) is 0.917. The summed E-state index contributed by atoms with van der Waals surface area (Å²) in [6.07, 6.45) is 1.31. The molecule has 2 aromatic rings. The number of carbonyl (C=O) groups is 2. The molecule has 0 spiro atoms. The molecule has 3 atom stereocenters. The van der Waals surface area contributed by atoms with Crippen LogP contribution in [0.1, 0.15) is 50.0 Å². The Kier molecular flexibility index (Phi) is 8.10. The lowest BCUT2D eigenvalue weighted by molar-refractivity contribution is 0.0951. The summed E-state index contributed by atoms with van der Waals surface area (Å²) < 4.78 is 32.7. The van der Waals surface area contributed by atoms with Gasteiger partial charge in [0.05, 0.1) is 17.6 Å². The van der Waals surface area contributed by atoms with Crippen molar-refractivity contribution in [2.75, 3.05) is 13.7 Å². The van der Waals surface area contributed by atoms with Crippen molar-refractivity contribution in [1.82, 2.24) is 15.4 Å². The molecule has 0 saturated heterocycles. The van der Waals surface area contributed by atoms with E-state index in [-0.39, 0.29) is 28.2 Å². The molecule has 0 heterocycles. The number of sulfonamides is 1. The molecule has 3 amide bonds. The molecule has 1 fully saturated rings. The molecule has 1 saturated carbocycles. The zero-order valence-electron chi connectivity index (χ0n) is 20.9. The number of methoxy groups -OCH3 is 1. The van der Waals surface area contributed by atoms with Gasteiger partial charge in [0, 0.05) is 12.6 Å². The Morgan fingerprint density at radius 1 is 1.06 bits per heavy atom. The fraction of sp³-hybridized carbons (Fsp3) is 0.462. The molecule has 190 valence electrons. The standard InChI is InChI=1S/C26H35N3O5S/c1-17-18(2)26(3,4)16-22(17)28-25(31)29-35(32,33)20-12-10-19(11-13-20)14-15-27-24(30)21-8-6-7-9-23(21)34-5/h6-13,17-18,22H,14-16H2,1-5H3,(H,27,30)(H2,28,29,31). The number of hydrogen-bond acceptors (Lipinski definition) is 5. The highest BCUT2D eigenvalue weighted by molar-refractivity contribution is 7.90. The summed E-state index contributed by atoms with van der Waals surface area (Å²) in [6, 6.07) is 12.4. The van der Waals surface area contributed by atoms with Crippen LogP contribution in [0.2, 0.25) is 0 Å². The second-order valence-electron chi connectivity index (χ2n) is 9.88. The Balaban J connectivity index is 1.53. The van der Waals surface area contributed by atoms with E-state index in [1.807, 2.05) is 0 Å². The summed E-state index contributed by atoms with van der Waals surface area (Å²) in [5, 5.41) is 5.67. The van der Waals surface area contributed by atoms with Gasteiger partial charge in [-0.15, -0.1) is 0 Å². The number of amides is 3. The van der Waals surface area contributed by atoms with Crippen LogP contribution >= 0.6 is 0 Å². The molecular weight excluding hydrogens is 466 g/mol. The van der Waals surface area contributed by atoms with Gasteiger partial charge < -0.3 is 15.4 Å². The molecule has 0 aromatic heterocycles. The summed E-state index contributed by atoms with van der Waals surface area (Å²) in [5.41, 5.74) is 1.38. The smallest absolute Gasteiger partial charge is 0.328 e. The van der Waals surface area contributed by atoms with Crippen LogP contribution in [0.15, 0.2) is 53.4 Å². The van der Waals surface area contributed by atoms with Gasteiger partial charge in [-0.25, -0.2) is 17.9 Å². The molecule has 0 radical (unpaired) electrons. The first kappa shape index (κ1) is 26.5. The van der Waals surface area contributed by atoms with Gasteiger partial charge in [-0.3, -0.25) is 4.79 Å². The van der Waals surface area contributed by atoms with Gasteiger partial charge in [-0.2, -0.15) is 0 Å². The van der Waals surface area contributed by atoms with Crippen molar-refractivity contribution in [1.29, 1.82) is 0 Å². The van der Waals surface area contributed by atoms with E-state index >= 15 is 0 Å². The molecule has 3 N–H and O–H groups in total. The molecule has 35 heavy (non-hydrogen) atoms. The molecule has 8 nitrogen and oxygen atoms in total. The maximum absolute atomic E-state index is 12.7. The van der Waals surface area contributed by atoms with Crippen molar-refractivity contribution in [2.45, 2.75) is 51.5 Å². The predicted molar refractivity (Wildman–Crippen MR) is 135 cm³/mol. The van der Waals surface area contributed by atoms with E-state index in [9.17, 15) is 18.0 Å². The molecule has 0 bridgehead atoms. The van der Waals surface area contributed by atoms with E-state index in [1.165, 1.54) is 19.2 Å². The highest BCUT2D eigenvalue weighted by atomic mass is 32.2. The first-order valence-electron chi connectivity index (χ1n) is 11.8. The van der Waals surface area contributed by atoms with Crippen molar-refractivity contribution in [3.05, 3.63) is 59.7 Å². The Bertz CT molecular complexity index is 1160. The summed E-state index contributed by atoms with van der Waals surface area (Å²) in [6.45, 7) is 8.94. The van der Waals surface area contributed by atoms with Gasteiger partial charge in [-0.05, 0) is 59.9 Å². The molecule has 3 unspecified atom stereocenters. The van der Waals surface area contributed by atoms with Gasteiger partial charge >= 0.3 is 6.03 Å². The molecule has 0 aliphatic heterocycles. The average molecular weight is 502 g/mol. The summed E-state index contributed by atoms with van der Waals surface area (Å²) in [4.78, 5) is 24.8. The molecule has 9 heteroatoms. The highest BCUT2D eigenvalue weighted by Crippen LogP contribution is 2.46. The lowest BCUT2D eigenvalue weighted by Gasteiger charge is -2.24. The summed E-state index contributed by atoms with van der Waals surface area (Å²) in [7, 11) is -2.49. The Morgan fingerprint density at radius 3 is 2.31 bits per heavy atom. The van der Waals surface area contributed by atoms with Gasteiger partial charge in [0.1, 0.15) is 5.75 Å². The molecule has 1 aliphatic rings. The normalized spacial score (nSPS) is 21.2. The second-order valence-corrected chi connectivity index (χ2v) is 11.6. The van der Waals surface area contributed by atoms with Gasteiger partial charge in [0.15, 0.2) is 0 Å². The number of nitrogens with one attached hydrogen (secondary N) is 3. The topological polar surface area (TPSA) is 114 Å². The minimum absolute atomic E-state index is 0.00243. The van der Waals surface area contributed by atoms with E-state index < -0.39 is 16.1 Å². The largest absolute Gasteiger partial charge is 0.496 e. The zero-order chi connectivity index (χ0) is 25.8. The number of hydrogen-bond donors (Lipinski definition) is 3. The third kappa shape index (κ3) is 6.33. The van der Waals surface area contributed by atoms with E-state index in [0.29, 0.717) is 30.2 Å². The lowest BCUT2D eigenvalue weighted by atomic mass is 9.81. The van der Waals surface area contributed by atoms with Crippen LogP contribution in [0.25, 0.3) is 0 Å². The number of para-hydroxylation sites is 1. The van der Waals surface area contributed by atoms with Crippen LogP contribution in [0, 0.1) is 17.3 Å². The third-order valence-corrected chi connectivity index (χ3v) is 8.58. The average Bonchev–Trinajstić information content (AvgIpc) is 3.00. The fourth-order valence-electron chi connectivity index (χ4n) is 4.64. The van der Waals surface area contributed by atoms with Crippen molar-refractivity contribution in [2.24, 2.45) is 17.3 Å². The van der Waals surface area contributed by atoms with Gasteiger partial charge in [-0.1, -0.05) is 52.0 Å². The molecule has 1 aliphatic carbocycles. The Hall–Kier alpha value is -3.07. The molecule has 3 rings (SSSR count). The summed E-state index contributed by atoms with van der Waals surface area (Å²) >= 11 is 0. The number of ether oxygens (including phenoxy) is 1.